The van der Waals surface area contributed by atoms with Crippen LogP contribution in [0.5, 0.6) is 0 Å². The fraction of sp³-hybridized carbons (Fsp3) is 0.444. The predicted octanol–water partition coefficient (Wildman–Crippen LogP) is 2.07. The van der Waals surface area contributed by atoms with Crippen LogP contribution in [0.4, 0.5) is 0 Å². The van der Waals surface area contributed by atoms with Gasteiger partial charge in [0, 0.05) is 17.8 Å². The van der Waals surface area contributed by atoms with E-state index in [2.05, 4.69) is 15.0 Å². The van der Waals surface area contributed by atoms with Crippen LogP contribution in [0.3, 0.4) is 0 Å². The number of aliphatic imine (C=N–C) groups is 2. The van der Waals surface area contributed by atoms with E-state index in [-0.39, 0.29) is 12.1 Å². The number of nitrogens with one attached hydrogen (secondary N) is 2. The highest BCUT2D eigenvalue weighted by molar-refractivity contribution is 5.99. The van der Waals surface area contributed by atoms with Gasteiger partial charge in [-0.25, -0.2) is 0 Å². The van der Waals surface area contributed by atoms with Crippen LogP contribution in [-0.4, -0.2) is 33.5 Å². The lowest BCUT2D eigenvalue weighted by atomic mass is 9.93. The van der Waals surface area contributed by atoms with Gasteiger partial charge in [-0.15, -0.1) is 0 Å². The van der Waals surface area contributed by atoms with Crippen LogP contribution in [0.25, 0.3) is 11.0 Å². The van der Waals surface area contributed by atoms with Crippen molar-refractivity contribution in [3.05, 3.63) is 43.5 Å². The molecule has 1 aromatic carbocycles. The van der Waals surface area contributed by atoms with Crippen molar-refractivity contribution in [2.75, 3.05) is 0 Å². The van der Waals surface area contributed by atoms with E-state index in [0.717, 1.165) is 28.1 Å². The first-order valence-corrected chi connectivity index (χ1v) is 8.12. The lowest BCUT2D eigenvalue weighted by Gasteiger charge is -2.23. The van der Waals surface area contributed by atoms with Crippen molar-refractivity contribution in [3.63, 3.8) is 0 Å². The molecule has 0 radical (unpaired) electrons. The fourth-order valence-electron chi connectivity index (χ4n) is 3.15. The summed E-state index contributed by atoms with van der Waals surface area (Å²) in [6.45, 7) is 10.1. The highest BCUT2D eigenvalue weighted by Crippen LogP contribution is 2.25. The van der Waals surface area contributed by atoms with Crippen molar-refractivity contribution in [2.45, 2.75) is 53.1 Å². The number of aromatic amines is 2. The van der Waals surface area contributed by atoms with Gasteiger partial charge in [-0.1, -0.05) is 0 Å². The number of aryl methyl sites for hydroxylation is 1. The van der Waals surface area contributed by atoms with Gasteiger partial charge in [-0.05, 0) is 57.4 Å². The third-order valence-electron chi connectivity index (χ3n) is 4.91. The SMILES string of the molecule is CC1=NC(Cc2c(C)c(C)cc3[nH]c(=O)c(=O)[nH]c23)C(C)=NC1C. The lowest BCUT2D eigenvalue weighted by Crippen LogP contribution is -2.31. The lowest BCUT2D eigenvalue weighted by molar-refractivity contribution is 0.785. The molecule has 0 fully saturated rings. The van der Waals surface area contributed by atoms with Crippen LogP contribution in [0, 0.1) is 13.8 Å². The summed E-state index contributed by atoms with van der Waals surface area (Å²) >= 11 is 0. The minimum absolute atomic E-state index is 0.0414. The molecular formula is C18H22N4O2. The van der Waals surface area contributed by atoms with Gasteiger partial charge in [0.2, 0.25) is 0 Å². The number of fused-ring (bicyclic) bond motifs is 1. The molecule has 0 saturated carbocycles. The second kappa shape index (κ2) is 5.85. The van der Waals surface area contributed by atoms with Crippen molar-refractivity contribution >= 4 is 22.5 Å². The number of rotatable bonds is 2. The zero-order chi connectivity index (χ0) is 17.6. The molecule has 3 rings (SSSR count). The van der Waals surface area contributed by atoms with E-state index in [1.807, 2.05) is 40.7 Å². The van der Waals surface area contributed by atoms with Gasteiger partial charge in [0.25, 0.3) is 0 Å². The maximum atomic E-state index is 11.8. The topological polar surface area (TPSA) is 90.4 Å². The molecule has 2 aromatic rings. The van der Waals surface area contributed by atoms with Gasteiger partial charge < -0.3 is 9.97 Å². The first kappa shape index (κ1) is 16.4. The Hall–Kier alpha value is -2.50. The second-order valence-electron chi connectivity index (χ2n) is 6.56. The number of benzene rings is 1. The van der Waals surface area contributed by atoms with E-state index in [0.29, 0.717) is 17.5 Å². The molecule has 0 spiro atoms. The van der Waals surface area contributed by atoms with E-state index < -0.39 is 11.1 Å². The minimum Gasteiger partial charge on any atom is -0.316 e. The van der Waals surface area contributed by atoms with E-state index in [1.54, 1.807) is 0 Å². The molecule has 6 nitrogen and oxygen atoms in total. The first-order chi connectivity index (χ1) is 11.3. The molecular weight excluding hydrogens is 304 g/mol. The summed E-state index contributed by atoms with van der Waals surface area (Å²) in [5, 5.41) is 0. The van der Waals surface area contributed by atoms with E-state index in [4.69, 9.17) is 4.99 Å². The Morgan fingerprint density at radius 1 is 1.00 bits per heavy atom. The van der Waals surface area contributed by atoms with Crippen molar-refractivity contribution in [2.24, 2.45) is 9.98 Å². The molecule has 0 amide bonds. The summed E-state index contributed by atoms with van der Waals surface area (Å²) in [5.74, 6) is 0. The van der Waals surface area contributed by atoms with Crippen molar-refractivity contribution in [1.29, 1.82) is 0 Å². The number of hydrogen-bond donors (Lipinski definition) is 2. The Labute approximate surface area is 139 Å². The maximum absolute atomic E-state index is 11.8. The Kier molecular flexibility index (Phi) is 3.99. The largest absolute Gasteiger partial charge is 0.316 e. The molecule has 2 N–H and O–H groups in total. The molecule has 6 heteroatoms. The average molecular weight is 326 g/mol. The summed E-state index contributed by atoms with van der Waals surface area (Å²) in [6.07, 6.45) is 0.644. The van der Waals surface area contributed by atoms with Gasteiger partial charge in [0.05, 0.1) is 23.1 Å². The standard InChI is InChI=1S/C18H22N4O2/c1-8-6-15-16(22-18(24)17(23)21-15)13(9(8)2)7-14-12(5)19-10(3)11(4)20-14/h6,10,14H,7H2,1-5H3,(H,21,23)(H,22,24). The van der Waals surface area contributed by atoms with Crippen molar-refractivity contribution in [1.82, 2.24) is 9.97 Å². The molecule has 0 aliphatic carbocycles. The smallest absolute Gasteiger partial charge is 0.314 e. The van der Waals surface area contributed by atoms with Crippen LogP contribution in [0.15, 0.2) is 25.6 Å². The molecule has 0 bridgehead atoms. The number of aromatic nitrogens is 2. The monoisotopic (exact) mass is 326 g/mol. The molecule has 1 aromatic heterocycles. The van der Waals surface area contributed by atoms with Crippen LogP contribution in [-0.2, 0) is 6.42 Å². The number of hydrogen-bond acceptors (Lipinski definition) is 4. The van der Waals surface area contributed by atoms with Gasteiger partial charge in [0.15, 0.2) is 0 Å². The third kappa shape index (κ3) is 2.72. The molecule has 2 unspecified atom stereocenters. The van der Waals surface area contributed by atoms with E-state index in [1.165, 1.54) is 0 Å². The van der Waals surface area contributed by atoms with Crippen LogP contribution < -0.4 is 11.1 Å². The summed E-state index contributed by atoms with van der Waals surface area (Å²) in [7, 11) is 0. The van der Waals surface area contributed by atoms with E-state index in [9.17, 15) is 9.59 Å². The molecule has 1 aliphatic heterocycles. The fourth-order valence-corrected chi connectivity index (χ4v) is 3.15. The molecule has 24 heavy (non-hydrogen) atoms. The predicted molar refractivity (Wildman–Crippen MR) is 97.8 cm³/mol. The van der Waals surface area contributed by atoms with Gasteiger partial charge >= 0.3 is 11.1 Å². The molecule has 1 aliphatic rings. The van der Waals surface area contributed by atoms with Crippen molar-refractivity contribution < 1.29 is 0 Å². The Morgan fingerprint density at radius 2 is 1.67 bits per heavy atom. The summed E-state index contributed by atoms with van der Waals surface area (Å²) < 4.78 is 0. The summed E-state index contributed by atoms with van der Waals surface area (Å²) in [5.41, 5.74) is 5.26. The first-order valence-electron chi connectivity index (χ1n) is 8.12. The number of H-pyrrole nitrogens is 2. The van der Waals surface area contributed by atoms with Gasteiger partial charge in [-0.2, -0.15) is 0 Å². The van der Waals surface area contributed by atoms with Crippen LogP contribution in [0.1, 0.15) is 37.5 Å². The molecule has 126 valence electrons. The average Bonchev–Trinajstić information content (AvgIpc) is 2.51. The highest BCUT2D eigenvalue weighted by Gasteiger charge is 2.22. The normalized spacial score (nSPS) is 20.9. The minimum atomic E-state index is -0.630. The molecule has 2 atom stereocenters. The maximum Gasteiger partial charge on any atom is 0.314 e. The third-order valence-corrected chi connectivity index (χ3v) is 4.91. The van der Waals surface area contributed by atoms with Crippen LogP contribution >= 0.6 is 0 Å². The van der Waals surface area contributed by atoms with E-state index >= 15 is 0 Å². The van der Waals surface area contributed by atoms with Gasteiger partial charge in [0.1, 0.15) is 0 Å². The Bertz CT molecular complexity index is 994. The summed E-state index contributed by atoms with van der Waals surface area (Å²) in [4.78, 5) is 38.2. The van der Waals surface area contributed by atoms with Gasteiger partial charge in [-0.3, -0.25) is 19.6 Å². The Balaban J connectivity index is 2.17. The number of nitrogens with zero attached hydrogens (tertiary/aromatic N) is 2. The second-order valence-corrected chi connectivity index (χ2v) is 6.56. The quantitative estimate of drug-likeness (QED) is 0.827. The zero-order valence-electron chi connectivity index (χ0n) is 14.7. The van der Waals surface area contributed by atoms with Crippen LogP contribution in [0.2, 0.25) is 0 Å². The molecule has 2 heterocycles. The summed E-state index contributed by atoms with van der Waals surface area (Å²) in [6, 6.07) is 1.97. The molecule has 0 saturated heterocycles. The highest BCUT2D eigenvalue weighted by atomic mass is 16.2. The van der Waals surface area contributed by atoms with Crippen molar-refractivity contribution in [3.8, 4) is 0 Å². The Morgan fingerprint density at radius 3 is 2.38 bits per heavy atom. The zero-order valence-corrected chi connectivity index (χ0v) is 14.7.